The highest BCUT2D eigenvalue weighted by Gasteiger charge is 2.23. The summed E-state index contributed by atoms with van der Waals surface area (Å²) in [4.78, 5) is 11.5. The lowest BCUT2D eigenvalue weighted by molar-refractivity contribution is -0.116. The molecule has 4 nitrogen and oxygen atoms in total. The number of rotatable bonds is 3. The van der Waals surface area contributed by atoms with Crippen molar-refractivity contribution < 1.29 is 13.9 Å². The molecule has 1 aromatic rings. The van der Waals surface area contributed by atoms with E-state index in [1.807, 2.05) is 0 Å². The molecule has 1 aliphatic carbocycles. The second-order valence-corrected chi connectivity index (χ2v) is 5.90. The zero-order chi connectivity index (χ0) is 14.8. The van der Waals surface area contributed by atoms with E-state index in [9.17, 15) is 9.18 Å². The first-order valence-electron chi connectivity index (χ1n) is 7.57. The van der Waals surface area contributed by atoms with Gasteiger partial charge in [-0.05, 0) is 49.8 Å². The van der Waals surface area contributed by atoms with E-state index in [1.54, 1.807) is 13.2 Å². The maximum atomic E-state index is 14.2. The van der Waals surface area contributed by atoms with Gasteiger partial charge in [0.15, 0.2) is 0 Å². The zero-order valence-corrected chi connectivity index (χ0v) is 12.2. The van der Waals surface area contributed by atoms with E-state index in [4.69, 9.17) is 4.74 Å². The average Bonchev–Trinajstić information content (AvgIpc) is 2.49. The first-order valence-corrected chi connectivity index (χ1v) is 7.57. The number of hydrogen-bond donors (Lipinski definition) is 2. The molecule has 0 radical (unpaired) electrons. The van der Waals surface area contributed by atoms with Crippen molar-refractivity contribution in [1.29, 1.82) is 0 Å². The molecule has 1 aliphatic heterocycles. The predicted molar refractivity (Wildman–Crippen MR) is 80.0 cm³/mol. The summed E-state index contributed by atoms with van der Waals surface area (Å²) in [5.41, 5.74) is 2.07. The maximum absolute atomic E-state index is 14.2. The Bertz CT molecular complexity index is 547. The van der Waals surface area contributed by atoms with Gasteiger partial charge >= 0.3 is 0 Å². The fourth-order valence-corrected chi connectivity index (χ4v) is 3.22. The Morgan fingerprint density at radius 3 is 3.00 bits per heavy atom. The number of anilines is 2. The number of fused-ring (bicyclic) bond motifs is 1. The first kappa shape index (κ1) is 14.3. The molecular formula is C16H21FN2O2. The number of halogens is 1. The van der Waals surface area contributed by atoms with Crippen LogP contribution >= 0.6 is 0 Å². The summed E-state index contributed by atoms with van der Waals surface area (Å²) in [6, 6.07) is 3.47. The van der Waals surface area contributed by atoms with Gasteiger partial charge in [0.25, 0.3) is 0 Å². The van der Waals surface area contributed by atoms with Crippen LogP contribution in [0.25, 0.3) is 0 Å². The fourth-order valence-electron chi connectivity index (χ4n) is 3.22. The number of carbonyl (C=O) groups is 1. The number of benzene rings is 1. The molecule has 2 atom stereocenters. The van der Waals surface area contributed by atoms with Crippen LogP contribution in [-0.4, -0.2) is 25.2 Å². The second kappa shape index (κ2) is 6.02. The molecule has 0 spiro atoms. The van der Waals surface area contributed by atoms with Crippen molar-refractivity contribution in [1.82, 2.24) is 0 Å². The molecule has 1 saturated carbocycles. The van der Waals surface area contributed by atoms with E-state index in [1.165, 1.54) is 6.07 Å². The summed E-state index contributed by atoms with van der Waals surface area (Å²) in [7, 11) is 1.72. The van der Waals surface area contributed by atoms with Crippen LogP contribution in [0.2, 0.25) is 0 Å². The summed E-state index contributed by atoms with van der Waals surface area (Å²) in [6.07, 6.45) is 5.33. The Morgan fingerprint density at radius 2 is 2.19 bits per heavy atom. The van der Waals surface area contributed by atoms with Crippen LogP contribution in [0.15, 0.2) is 12.1 Å². The predicted octanol–water partition coefficient (Wildman–Crippen LogP) is 3.08. The molecular weight excluding hydrogens is 271 g/mol. The SMILES string of the molecule is COC1CCCC(Nc2cc3c(cc2F)CCC(=O)N3)C1. The molecule has 2 unspecified atom stereocenters. The Balaban J connectivity index is 1.76. The van der Waals surface area contributed by atoms with Crippen molar-refractivity contribution in [2.24, 2.45) is 0 Å². The van der Waals surface area contributed by atoms with Gasteiger partial charge in [0.05, 0.1) is 11.8 Å². The standard InChI is InChI=1S/C16H21FN2O2/c1-21-12-4-2-3-11(8-12)18-15-9-14-10(7-13(15)17)5-6-16(20)19-14/h7,9,11-12,18H,2-6,8H2,1H3,(H,19,20). The molecule has 2 aliphatic rings. The van der Waals surface area contributed by atoms with E-state index in [-0.39, 0.29) is 23.9 Å². The molecule has 114 valence electrons. The van der Waals surface area contributed by atoms with E-state index < -0.39 is 0 Å². The van der Waals surface area contributed by atoms with Crippen LogP contribution in [0, 0.1) is 5.82 Å². The molecule has 2 N–H and O–H groups in total. The molecule has 3 rings (SSSR count). The van der Waals surface area contributed by atoms with Gasteiger partial charge in [-0.15, -0.1) is 0 Å². The lowest BCUT2D eigenvalue weighted by atomic mass is 9.92. The minimum atomic E-state index is -0.246. The summed E-state index contributed by atoms with van der Waals surface area (Å²) in [5.74, 6) is -0.249. The van der Waals surface area contributed by atoms with Crippen molar-refractivity contribution in [3.05, 3.63) is 23.5 Å². The quantitative estimate of drug-likeness (QED) is 0.900. The molecule has 1 aromatic carbocycles. The molecule has 1 heterocycles. The van der Waals surface area contributed by atoms with Crippen molar-refractivity contribution >= 4 is 17.3 Å². The van der Waals surface area contributed by atoms with Crippen LogP contribution in [0.4, 0.5) is 15.8 Å². The lowest BCUT2D eigenvalue weighted by Gasteiger charge is -2.30. The number of amides is 1. The van der Waals surface area contributed by atoms with Gasteiger partial charge in [0.2, 0.25) is 5.91 Å². The Labute approximate surface area is 124 Å². The third-order valence-corrected chi connectivity index (χ3v) is 4.41. The molecule has 1 fully saturated rings. The van der Waals surface area contributed by atoms with Crippen LogP contribution in [-0.2, 0) is 16.0 Å². The van der Waals surface area contributed by atoms with Gasteiger partial charge in [-0.25, -0.2) is 4.39 Å². The topological polar surface area (TPSA) is 50.4 Å². The Hall–Kier alpha value is -1.62. The highest BCUT2D eigenvalue weighted by molar-refractivity contribution is 5.94. The Kier molecular flexibility index (Phi) is 4.10. The van der Waals surface area contributed by atoms with E-state index in [0.717, 1.165) is 36.9 Å². The van der Waals surface area contributed by atoms with Gasteiger partial charge < -0.3 is 15.4 Å². The molecule has 21 heavy (non-hydrogen) atoms. The molecule has 5 heteroatoms. The van der Waals surface area contributed by atoms with Crippen LogP contribution < -0.4 is 10.6 Å². The lowest BCUT2D eigenvalue weighted by Crippen LogP contribution is -2.31. The largest absolute Gasteiger partial charge is 0.381 e. The van der Waals surface area contributed by atoms with Gasteiger partial charge in [-0.2, -0.15) is 0 Å². The molecule has 0 aromatic heterocycles. The summed E-state index contributed by atoms with van der Waals surface area (Å²) in [6.45, 7) is 0. The number of carbonyl (C=O) groups excluding carboxylic acids is 1. The minimum Gasteiger partial charge on any atom is -0.381 e. The summed E-state index contributed by atoms with van der Waals surface area (Å²) >= 11 is 0. The highest BCUT2D eigenvalue weighted by Crippen LogP contribution is 2.31. The maximum Gasteiger partial charge on any atom is 0.224 e. The monoisotopic (exact) mass is 292 g/mol. The van der Waals surface area contributed by atoms with Gasteiger partial charge in [-0.3, -0.25) is 4.79 Å². The number of methoxy groups -OCH3 is 1. The number of ether oxygens (including phenoxy) is 1. The van der Waals surface area contributed by atoms with E-state index in [0.29, 0.717) is 18.5 Å². The third kappa shape index (κ3) is 3.18. The van der Waals surface area contributed by atoms with Crippen molar-refractivity contribution in [2.75, 3.05) is 17.7 Å². The van der Waals surface area contributed by atoms with Gasteiger partial charge in [0, 0.05) is 25.3 Å². The van der Waals surface area contributed by atoms with E-state index in [2.05, 4.69) is 10.6 Å². The smallest absolute Gasteiger partial charge is 0.224 e. The second-order valence-electron chi connectivity index (χ2n) is 5.90. The number of aryl methyl sites for hydroxylation is 1. The zero-order valence-electron chi connectivity index (χ0n) is 12.2. The highest BCUT2D eigenvalue weighted by atomic mass is 19.1. The van der Waals surface area contributed by atoms with Crippen LogP contribution in [0.3, 0.4) is 0 Å². The summed E-state index contributed by atoms with van der Waals surface area (Å²) in [5, 5.41) is 6.09. The van der Waals surface area contributed by atoms with Gasteiger partial charge in [0.1, 0.15) is 5.82 Å². The van der Waals surface area contributed by atoms with E-state index >= 15 is 0 Å². The average molecular weight is 292 g/mol. The van der Waals surface area contributed by atoms with Crippen molar-refractivity contribution in [3.8, 4) is 0 Å². The van der Waals surface area contributed by atoms with Gasteiger partial charge in [-0.1, -0.05) is 0 Å². The normalized spacial score (nSPS) is 25.1. The molecule has 0 bridgehead atoms. The summed E-state index contributed by atoms with van der Waals surface area (Å²) < 4.78 is 19.6. The fraction of sp³-hybridized carbons (Fsp3) is 0.562. The van der Waals surface area contributed by atoms with Crippen LogP contribution in [0.5, 0.6) is 0 Å². The van der Waals surface area contributed by atoms with Crippen molar-refractivity contribution in [3.63, 3.8) is 0 Å². The number of hydrogen-bond acceptors (Lipinski definition) is 3. The third-order valence-electron chi connectivity index (χ3n) is 4.41. The molecule has 0 saturated heterocycles. The minimum absolute atomic E-state index is 0.00262. The number of nitrogens with one attached hydrogen (secondary N) is 2. The van der Waals surface area contributed by atoms with Crippen LogP contribution in [0.1, 0.15) is 37.7 Å². The molecule has 1 amide bonds. The van der Waals surface area contributed by atoms with Crippen molar-refractivity contribution in [2.45, 2.75) is 50.7 Å². The first-order chi connectivity index (χ1) is 10.2. The Morgan fingerprint density at radius 1 is 1.33 bits per heavy atom.